The molecule has 2 heterocycles. The summed E-state index contributed by atoms with van der Waals surface area (Å²) in [6.45, 7) is 5.95. The van der Waals surface area contributed by atoms with Gasteiger partial charge in [-0.2, -0.15) is 0 Å². The number of ether oxygens (including phenoxy) is 2. The molecule has 4 nitrogen and oxygen atoms in total. The molecule has 32 heavy (non-hydrogen) atoms. The van der Waals surface area contributed by atoms with Crippen molar-refractivity contribution in [3.05, 3.63) is 97.7 Å². The van der Waals surface area contributed by atoms with Crippen molar-refractivity contribution in [1.29, 1.82) is 0 Å². The van der Waals surface area contributed by atoms with E-state index in [0.29, 0.717) is 40.2 Å². The molecule has 0 fully saturated rings. The highest BCUT2D eigenvalue weighted by molar-refractivity contribution is 6.37. The number of Topliss-reactive ketones (excluding diaryl/α,β-unsaturated/α-hetero) is 1. The largest absolute Gasteiger partial charge is 0.477 e. The van der Waals surface area contributed by atoms with Crippen molar-refractivity contribution in [3.8, 4) is 11.5 Å². The van der Waals surface area contributed by atoms with Gasteiger partial charge in [-0.05, 0) is 43.7 Å². The van der Waals surface area contributed by atoms with Crippen LogP contribution in [-0.2, 0) is 13.1 Å². The zero-order valence-electron chi connectivity index (χ0n) is 17.7. The van der Waals surface area contributed by atoms with Gasteiger partial charge in [0.25, 0.3) is 0 Å². The van der Waals surface area contributed by atoms with Gasteiger partial charge in [-0.3, -0.25) is 9.69 Å². The van der Waals surface area contributed by atoms with E-state index in [0.717, 1.165) is 23.4 Å². The Morgan fingerprint density at radius 2 is 1.75 bits per heavy atom. The van der Waals surface area contributed by atoms with E-state index in [-0.39, 0.29) is 11.5 Å². The van der Waals surface area contributed by atoms with Gasteiger partial charge in [0.1, 0.15) is 18.2 Å². The third-order valence-corrected chi connectivity index (χ3v) is 6.46. The molecule has 6 heteroatoms. The van der Waals surface area contributed by atoms with E-state index in [1.165, 1.54) is 11.1 Å². The minimum Gasteiger partial charge on any atom is -0.477 e. The van der Waals surface area contributed by atoms with Gasteiger partial charge in [0.05, 0.1) is 5.56 Å². The molecule has 2 aliphatic rings. The summed E-state index contributed by atoms with van der Waals surface area (Å²) in [4.78, 5) is 15.3. The van der Waals surface area contributed by atoms with Crippen molar-refractivity contribution in [2.45, 2.75) is 26.9 Å². The van der Waals surface area contributed by atoms with E-state index in [4.69, 9.17) is 32.7 Å². The molecule has 0 amide bonds. The minimum atomic E-state index is -0.183. The Hall–Kier alpha value is -2.79. The van der Waals surface area contributed by atoms with Gasteiger partial charge >= 0.3 is 0 Å². The Labute approximate surface area is 197 Å². The highest BCUT2D eigenvalue weighted by Gasteiger charge is 2.33. The Morgan fingerprint density at radius 1 is 1.03 bits per heavy atom. The second-order valence-corrected chi connectivity index (χ2v) is 9.00. The lowest BCUT2D eigenvalue weighted by molar-refractivity contribution is 0.0876. The fourth-order valence-electron chi connectivity index (χ4n) is 4.13. The maximum Gasteiger partial charge on any atom is 0.231 e. The molecule has 0 aromatic heterocycles. The fraction of sp³-hybridized carbons (Fsp3) is 0.192. The van der Waals surface area contributed by atoms with Crippen molar-refractivity contribution in [2.24, 2.45) is 0 Å². The Balaban J connectivity index is 1.44. The van der Waals surface area contributed by atoms with Crippen LogP contribution in [0.3, 0.4) is 0 Å². The number of carbonyl (C=O) groups excluding carboxylic acids is 1. The molecule has 0 atom stereocenters. The summed E-state index contributed by atoms with van der Waals surface area (Å²) >= 11 is 12.5. The van der Waals surface area contributed by atoms with Crippen LogP contribution in [0.4, 0.5) is 0 Å². The van der Waals surface area contributed by atoms with E-state index in [9.17, 15) is 4.79 Å². The van der Waals surface area contributed by atoms with Gasteiger partial charge in [0.15, 0.2) is 5.76 Å². The zero-order chi connectivity index (χ0) is 22.4. The molecule has 0 radical (unpaired) electrons. The summed E-state index contributed by atoms with van der Waals surface area (Å²) < 4.78 is 12.1. The SMILES string of the molecule is Cc1ccc(CN2COc3c(cc4c(c3C)O/C(=C\c3c(Cl)cccc3Cl)C4=O)C2)cc1. The van der Waals surface area contributed by atoms with Gasteiger partial charge < -0.3 is 9.47 Å². The number of halogens is 2. The molecule has 3 aromatic rings. The molecule has 0 bridgehead atoms. The third kappa shape index (κ3) is 3.79. The first-order chi connectivity index (χ1) is 15.4. The molecule has 5 rings (SSSR count). The molecule has 0 N–H and O–H groups in total. The molecule has 0 unspecified atom stereocenters. The van der Waals surface area contributed by atoms with Crippen molar-refractivity contribution in [2.75, 3.05) is 6.73 Å². The quantitative estimate of drug-likeness (QED) is 0.409. The van der Waals surface area contributed by atoms with Gasteiger partial charge in [0.2, 0.25) is 5.78 Å². The van der Waals surface area contributed by atoms with Crippen molar-refractivity contribution >= 4 is 35.1 Å². The number of benzene rings is 3. The lowest BCUT2D eigenvalue weighted by Gasteiger charge is -2.30. The smallest absolute Gasteiger partial charge is 0.231 e. The van der Waals surface area contributed by atoms with Crippen LogP contribution in [0.25, 0.3) is 6.08 Å². The summed E-state index contributed by atoms with van der Waals surface area (Å²) in [5, 5.41) is 0.923. The van der Waals surface area contributed by atoms with Crippen LogP contribution in [0.15, 0.2) is 54.3 Å². The van der Waals surface area contributed by atoms with Gasteiger partial charge in [-0.1, -0.05) is 59.1 Å². The molecule has 2 aliphatic heterocycles. The first-order valence-corrected chi connectivity index (χ1v) is 11.1. The standard InChI is InChI=1S/C26H21Cl2NO3/c1-15-6-8-17(9-7-15)12-29-13-18-10-20-24(30)23(11-19-21(27)4-3-5-22(19)28)32-26(20)16(2)25(18)31-14-29/h3-11H,12-14H2,1-2H3/b23-11-. The van der Waals surface area contributed by atoms with E-state index < -0.39 is 0 Å². The Kier molecular flexibility index (Phi) is 5.46. The average Bonchev–Trinajstić information content (AvgIpc) is 3.08. The monoisotopic (exact) mass is 465 g/mol. The second-order valence-electron chi connectivity index (χ2n) is 8.19. The highest BCUT2D eigenvalue weighted by Crippen LogP contribution is 2.43. The van der Waals surface area contributed by atoms with Crippen LogP contribution in [0.5, 0.6) is 11.5 Å². The molecule has 0 spiro atoms. The zero-order valence-corrected chi connectivity index (χ0v) is 19.3. The number of ketones is 1. The predicted octanol–water partition coefficient (Wildman–Crippen LogP) is 6.58. The number of rotatable bonds is 3. The van der Waals surface area contributed by atoms with Crippen LogP contribution < -0.4 is 9.47 Å². The van der Waals surface area contributed by atoms with Gasteiger partial charge in [0, 0.05) is 39.8 Å². The Morgan fingerprint density at radius 3 is 2.47 bits per heavy atom. The molecule has 0 saturated heterocycles. The summed E-state index contributed by atoms with van der Waals surface area (Å²) in [7, 11) is 0. The topological polar surface area (TPSA) is 38.8 Å². The maximum absolute atomic E-state index is 13.1. The lowest BCUT2D eigenvalue weighted by Crippen LogP contribution is -2.32. The fourth-order valence-corrected chi connectivity index (χ4v) is 4.64. The average molecular weight is 466 g/mol. The molecule has 0 saturated carbocycles. The lowest BCUT2D eigenvalue weighted by atomic mass is 9.99. The van der Waals surface area contributed by atoms with Crippen molar-refractivity contribution in [1.82, 2.24) is 4.90 Å². The minimum absolute atomic E-state index is 0.183. The molecule has 3 aromatic carbocycles. The number of hydrogen-bond donors (Lipinski definition) is 0. The maximum atomic E-state index is 13.1. The highest BCUT2D eigenvalue weighted by atomic mass is 35.5. The number of fused-ring (bicyclic) bond motifs is 2. The second kappa shape index (κ2) is 8.28. The van der Waals surface area contributed by atoms with E-state index in [1.54, 1.807) is 24.3 Å². The number of hydrogen-bond acceptors (Lipinski definition) is 4. The number of allylic oxidation sites excluding steroid dienone is 1. The third-order valence-electron chi connectivity index (χ3n) is 5.80. The summed E-state index contributed by atoms with van der Waals surface area (Å²) in [6, 6.07) is 15.6. The molecule has 0 aliphatic carbocycles. The van der Waals surface area contributed by atoms with Crippen LogP contribution in [0.2, 0.25) is 10.0 Å². The van der Waals surface area contributed by atoms with E-state index in [1.807, 2.05) is 13.0 Å². The normalized spacial score (nSPS) is 16.5. The predicted molar refractivity (Wildman–Crippen MR) is 126 cm³/mol. The summed E-state index contributed by atoms with van der Waals surface area (Å²) in [6.07, 6.45) is 1.61. The van der Waals surface area contributed by atoms with Crippen LogP contribution in [0, 0.1) is 13.8 Å². The van der Waals surface area contributed by atoms with Crippen LogP contribution >= 0.6 is 23.2 Å². The summed E-state index contributed by atoms with van der Waals surface area (Å²) in [5.41, 5.74) is 5.37. The molecular formula is C26H21Cl2NO3. The van der Waals surface area contributed by atoms with Crippen molar-refractivity contribution < 1.29 is 14.3 Å². The van der Waals surface area contributed by atoms with Crippen LogP contribution in [-0.4, -0.2) is 17.4 Å². The summed E-state index contributed by atoms with van der Waals surface area (Å²) in [5.74, 6) is 1.35. The number of carbonyl (C=O) groups is 1. The van der Waals surface area contributed by atoms with Gasteiger partial charge in [-0.25, -0.2) is 0 Å². The van der Waals surface area contributed by atoms with Gasteiger partial charge in [-0.15, -0.1) is 0 Å². The first kappa shape index (κ1) is 21.1. The molecular weight excluding hydrogens is 445 g/mol. The number of aryl methyl sites for hydroxylation is 1. The Bertz CT molecular complexity index is 1240. The first-order valence-electron chi connectivity index (χ1n) is 10.4. The van der Waals surface area contributed by atoms with E-state index >= 15 is 0 Å². The van der Waals surface area contributed by atoms with E-state index in [2.05, 4.69) is 36.1 Å². The molecule has 162 valence electrons. The van der Waals surface area contributed by atoms with Crippen LogP contribution in [0.1, 0.15) is 38.2 Å². The van der Waals surface area contributed by atoms with Crippen molar-refractivity contribution in [3.63, 3.8) is 0 Å². The number of nitrogens with zero attached hydrogens (tertiary/aromatic N) is 1.